The van der Waals surface area contributed by atoms with Crippen molar-refractivity contribution in [1.29, 1.82) is 0 Å². The number of likely N-dealkylation sites (tertiary alicyclic amines) is 1. The van der Waals surface area contributed by atoms with E-state index in [9.17, 15) is 19.1 Å². The maximum Gasteiger partial charge on any atom is 0.317 e. The standard InChI is InChI=1S/C19H23FN2O3/c20-14-7-6-12-3-1-5-16(15(12)9-14)21-18(25)22-10-13-4-2-8-19(13,11-22)17(23)24/h6-7,9,13,16H,1-5,8,10-11H2,(H,21,25)(H,23,24)/t13-,16+,19+/m0/s1. The minimum atomic E-state index is -0.782. The highest BCUT2D eigenvalue weighted by molar-refractivity contribution is 5.80. The number of amides is 2. The van der Waals surface area contributed by atoms with E-state index in [-0.39, 0.29) is 30.4 Å². The lowest BCUT2D eigenvalue weighted by atomic mass is 9.81. The van der Waals surface area contributed by atoms with Crippen LogP contribution in [0.3, 0.4) is 0 Å². The second-order valence-corrected chi connectivity index (χ2v) is 7.67. The van der Waals surface area contributed by atoms with Gasteiger partial charge in [0.25, 0.3) is 0 Å². The van der Waals surface area contributed by atoms with E-state index in [1.807, 2.05) is 0 Å². The summed E-state index contributed by atoms with van der Waals surface area (Å²) in [6.07, 6.45) is 5.06. The normalized spacial score (nSPS) is 30.7. The number of benzene rings is 1. The molecule has 0 unspecified atom stereocenters. The molecule has 1 heterocycles. The maximum absolute atomic E-state index is 13.6. The molecule has 0 radical (unpaired) electrons. The molecule has 25 heavy (non-hydrogen) atoms. The van der Waals surface area contributed by atoms with Crippen LogP contribution in [0, 0.1) is 17.2 Å². The second-order valence-electron chi connectivity index (χ2n) is 7.67. The molecule has 6 heteroatoms. The molecular formula is C19H23FN2O3. The molecule has 1 saturated carbocycles. The van der Waals surface area contributed by atoms with Gasteiger partial charge in [0.05, 0.1) is 11.5 Å². The van der Waals surface area contributed by atoms with Crippen LogP contribution in [0.4, 0.5) is 9.18 Å². The summed E-state index contributed by atoms with van der Waals surface area (Å²) in [5.74, 6) is -1.03. The van der Waals surface area contributed by atoms with Gasteiger partial charge in [0.15, 0.2) is 0 Å². The molecule has 4 rings (SSSR count). The van der Waals surface area contributed by atoms with E-state index in [2.05, 4.69) is 5.32 Å². The van der Waals surface area contributed by atoms with Crippen LogP contribution >= 0.6 is 0 Å². The molecule has 0 bridgehead atoms. The van der Waals surface area contributed by atoms with Crippen molar-refractivity contribution >= 4 is 12.0 Å². The van der Waals surface area contributed by atoms with E-state index in [1.54, 1.807) is 11.0 Å². The average Bonchev–Trinajstić information content (AvgIpc) is 3.13. The number of halogens is 1. The van der Waals surface area contributed by atoms with Crippen LogP contribution in [-0.2, 0) is 11.2 Å². The first-order chi connectivity index (χ1) is 12.0. The van der Waals surface area contributed by atoms with Crippen LogP contribution < -0.4 is 5.32 Å². The summed E-state index contributed by atoms with van der Waals surface area (Å²) in [6.45, 7) is 0.780. The average molecular weight is 346 g/mol. The van der Waals surface area contributed by atoms with Gasteiger partial charge >= 0.3 is 12.0 Å². The lowest BCUT2D eigenvalue weighted by Gasteiger charge is -2.29. The Morgan fingerprint density at radius 3 is 2.88 bits per heavy atom. The quantitative estimate of drug-likeness (QED) is 0.864. The van der Waals surface area contributed by atoms with Gasteiger partial charge in [-0.15, -0.1) is 0 Å². The molecule has 2 amide bonds. The molecule has 0 aromatic heterocycles. The molecule has 2 N–H and O–H groups in total. The number of nitrogens with zero attached hydrogens (tertiary/aromatic N) is 1. The van der Waals surface area contributed by atoms with Gasteiger partial charge in [-0.1, -0.05) is 12.5 Å². The summed E-state index contributed by atoms with van der Waals surface area (Å²) in [6, 6.07) is 4.34. The third kappa shape index (κ3) is 2.68. The Morgan fingerprint density at radius 1 is 1.28 bits per heavy atom. The van der Waals surface area contributed by atoms with Crippen LogP contribution in [0.1, 0.15) is 49.3 Å². The number of fused-ring (bicyclic) bond motifs is 2. The smallest absolute Gasteiger partial charge is 0.317 e. The van der Waals surface area contributed by atoms with Gasteiger partial charge < -0.3 is 15.3 Å². The Balaban J connectivity index is 1.49. The van der Waals surface area contributed by atoms with Gasteiger partial charge in [-0.2, -0.15) is 0 Å². The Kier molecular flexibility index (Phi) is 3.93. The fraction of sp³-hybridized carbons (Fsp3) is 0.579. The zero-order chi connectivity index (χ0) is 17.6. The highest BCUT2D eigenvalue weighted by atomic mass is 19.1. The summed E-state index contributed by atoms with van der Waals surface area (Å²) >= 11 is 0. The highest BCUT2D eigenvalue weighted by Gasteiger charge is 2.55. The molecule has 3 atom stereocenters. The number of aryl methyl sites for hydroxylation is 1. The minimum Gasteiger partial charge on any atom is -0.481 e. The van der Waals surface area contributed by atoms with E-state index in [0.29, 0.717) is 13.0 Å². The summed E-state index contributed by atoms with van der Waals surface area (Å²) in [7, 11) is 0. The first-order valence-electron chi connectivity index (χ1n) is 9.07. The SMILES string of the molecule is O=C(N[C@@H]1CCCc2ccc(F)cc21)N1C[C@@H]2CCC[C@@]2(C(=O)O)C1. The van der Waals surface area contributed by atoms with E-state index in [1.165, 1.54) is 12.1 Å². The fourth-order valence-corrected chi connectivity index (χ4v) is 4.95. The number of hydrogen-bond donors (Lipinski definition) is 2. The van der Waals surface area contributed by atoms with E-state index in [0.717, 1.165) is 43.2 Å². The van der Waals surface area contributed by atoms with Gasteiger partial charge in [-0.05, 0) is 61.3 Å². The number of carbonyl (C=O) groups is 2. The molecule has 134 valence electrons. The number of carbonyl (C=O) groups excluding carboxylic acids is 1. The Hall–Kier alpha value is -2.11. The predicted molar refractivity (Wildman–Crippen MR) is 89.6 cm³/mol. The fourth-order valence-electron chi connectivity index (χ4n) is 4.95. The molecule has 0 spiro atoms. The Morgan fingerprint density at radius 2 is 2.12 bits per heavy atom. The number of hydrogen-bond acceptors (Lipinski definition) is 2. The molecule has 2 fully saturated rings. The molecule has 3 aliphatic rings. The maximum atomic E-state index is 13.6. The van der Waals surface area contributed by atoms with Gasteiger partial charge in [-0.3, -0.25) is 4.79 Å². The molecule has 1 aliphatic heterocycles. The molecule has 1 aromatic rings. The van der Waals surface area contributed by atoms with E-state index < -0.39 is 11.4 Å². The number of nitrogens with one attached hydrogen (secondary N) is 1. The van der Waals surface area contributed by atoms with Crippen molar-refractivity contribution in [3.63, 3.8) is 0 Å². The molecule has 5 nitrogen and oxygen atoms in total. The van der Waals surface area contributed by atoms with E-state index in [4.69, 9.17) is 0 Å². The lowest BCUT2D eigenvalue weighted by Crippen LogP contribution is -2.43. The van der Waals surface area contributed by atoms with Crippen LogP contribution in [0.25, 0.3) is 0 Å². The number of urea groups is 1. The van der Waals surface area contributed by atoms with Crippen molar-refractivity contribution < 1.29 is 19.1 Å². The zero-order valence-corrected chi connectivity index (χ0v) is 14.1. The zero-order valence-electron chi connectivity index (χ0n) is 14.1. The van der Waals surface area contributed by atoms with Crippen molar-refractivity contribution in [2.45, 2.75) is 44.6 Å². The van der Waals surface area contributed by atoms with Crippen molar-refractivity contribution in [2.75, 3.05) is 13.1 Å². The minimum absolute atomic E-state index is 0.0480. The lowest BCUT2D eigenvalue weighted by molar-refractivity contribution is -0.149. The second kappa shape index (κ2) is 6.00. The highest BCUT2D eigenvalue weighted by Crippen LogP contribution is 2.49. The van der Waals surface area contributed by atoms with Crippen molar-refractivity contribution in [2.24, 2.45) is 11.3 Å². The van der Waals surface area contributed by atoms with Gasteiger partial charge in [0, 0.05) is 13.1 Å². The third-order valence-corrected chi connectivity index (χ3v) is 6.30. The van der Waals surface area contributed by atoms with Crippen molar-refractivity contribution in [1.82, 2.24) is 10.2 Å². The predicted octanol–water partition coefficient (Wildman–Crippen LogP) is 3.10. The Labute approximate surface area is 146 Å². The van der Waals surface area contributed by atoms with Gasteiger partial charge in [-0.25, -0.2) is 9.18 Å². The molecule has 1 aromatic carbocycles. The van der Waals surface area contributed by atoms with Crippen molar-refractivity contribution in [3.8, 4) is 0 Å². The number of rotatable bonds is 2. The monoisotopic (exact) mass is 346 g/mol. The third-order valence-electron chi connectivity index (χ3n) is 6.30. The first-order valence-corrected chi connectivity index (χ1v) is 9.07. The Bertz CT molecular complexity index is 723. The van der Waals surface area contributed by atoms with Crippen molar-refractivity contribution in [3.05, 3.63) is 35.1 Å². The first kappa shape index (κ1) is 16.4. The van der Waals surface area contributed by atoms with Crippen LogP contribution in [0.5, 0.6) is 0 Å². The number of carboxylic acids is 1. The summed E-state index contributed by atoms with van der Waals surface area (Å²) in [5, 5.41) is 12.7. The van der Waals surface area contributed by atoms with E-state index >= 15 is 0 Å². The molecular weight excluding hydrogens is 323 g/mol. The van der Waals surface area contributed by atoms with Gasteiger partial charge in [0.2, 0.25) is 0 Å². The van der Waals surface area contributed by atoms with Crippen LogP contribution in [0.15, 0.2) is 18.2 Å². The van der Waals surface area contributed by atoms with Gasteiger partial charge in [0.1, 0.15) is 5.82 Å². The summed E-state index contributed by atoms with van der Waals surface area (Å²) < 4.78 is 13.6. The van der Waals surface area contributed by atoms with Crippen LogP contribution in [-0.4, -0.2) is 35.1 Å². The topological polar surface area (TPSA) is 69.6 Å². The number of carboxylic acid groups (broad SMARTS) is 1. The largest absolute Gasteiger partial charge is 0.481 e. The number of aliphatic carboxylic acids is 1. The molecule has 2 aliphatic carbocycles. The summed E-state index contributed by atoms with van der Waals surface area (Å²) in [5.41, 5.74) is 1.17. The molecule has 1 saturated heterocycles. The van der Waals surface area contributed by atoms with Crippen LogP contribution in [0.2, 0.25) is 0 Å². The summed E-state index contributed by atoms with van der Waals surface area (Å²) in [4.78, 5) is 26.1.